The van der Waals surface area contributed by atoms with Gasteiger partial charge in [-0.25, -0.2) is 0 Å². The van der Waals surface area contributed by atoms with Crippen molar-refractivity contribution < 1.29 is 24.4 Å². The zero-order valence-corrected chi connectivity index (χ0v) is 7.14. The van der Waals surface area contributed by atoms with E-state index in [0.717, 1.165) is 0 Å². The molecule has 12 heavy (non-hydrogen) atoms. The predicted octanol–water partition coefficient (Wildman–Crippen LogP) is -1.27. The second-order valence-corrected chi connectivity index (χ2v) is 2.65. The third-order valence-corrected chi connectivity index (χ3v) is 2.01. The first-order valence-corrected chi connectivity index (χ1v) is 3.74. The van der Waals surface area contributed by atoms with Crippen LogP contribution >= 0.6 is 0 Å². The molecule has 1 heterocycles. The van der Waals surface area contributed by atoms with Gasteiger partial charge in [-0.1, -0.05) is 0 Å². The van der Waals surface area contributed by atoms with E-state index in [1.807, 2.05) is 0 Å². The number of aliphatic hydroxyl groups excluding tert-OH is 2. The van der Waals surface area contributed by atoms with Gasteiger partial charge in [-0.3, -0.25) is 0 Å². The number of ether oxygens (including phenoxy) is 3. The van der Waals surface area contributed by atoms with E-state index in [9.17, 15) is 5.11 Å². The molecule has 0 aromatic heterocycles. The highest BCUT2D eigenvalue weighted by molar-refractivity contribution is 4.87. The first-order chi connectivity index (χ1) is 5.74. The fourth-order valence-electron chi connectivity index (χ4n) is 1.39. The molecule has 0 radical (unpaired) electrons. The minimum Gasteiger partial charge on any atom is -0.394 e. The van der Waals surface area contributed by atoms with Crippen LogP contribution in [0.4, 0.5) is 0 Å². The lowest BCUT2D eigenvalue weighted by Crippen LogP contribution is -2.37. The van der Waals surface area contributed by atoms with Crippen LogP contribution in [0.1, 0.15) is 0 Å². The Hall–Kier alpha value is -0.200. The quantitative estimate of drug-likeness (QED) is 0.563. The van der Waals surface area contributed by atoms with Crippen molar-refractivity contribution >= 4 is 0 Å². The molecule has 0 saturated carbocycles. The van der Waals surface area contributed by atoms with Crippen molar-refractivity contribution in [2.45, 2.75) is 24.6 Å². The van der Waals surface area contributed by atoms with Crippen molar-refractivity contribution in [3.63, 3.8) is 0 Å². The van der Waals surface area contributed by atoms with Gasteiger partial charge in [-0.05, 0) is 0 Å². The number of rotatable bonds is 3. The molecule has 1 saturated heterocycles. The van der Waals surface area contributed by atoms with Gasteiger partial charge in [0.2, 0.25) is 0 Å². The molecule has 0 aromatic carbocycles. The fraction of sp³-hybridized carbons (Fsp3) is 1.00. The zero-order chi connectivity index (χ0) is 9.14. The van der Waals surface area contributed by atoms with Crippen molar-refractivity contribution in [3.05, 3.63) is 0 Å². The summed E-state index contributed by atoms with van der Waals surface area (Å²) in [5.41, 5.74) is 0. The first-order valence-electron chi connectivity index (χ1n) is 3.74. The highest BCUT2D eigenvalue weighted by atomic mass is 16.7. The van der Waals surface area contributed by atoms with Crippen molar-refractivity contribution in [1.82, 2.24) is 0 Å². The summed E-state index contributed by atoms with van der Waals surface area (Å²) in [7, 11) is 2.95. The number of hydrogen-bond donors (Lipinski definition) is 2. The lowest BCUT2D eigenvalue weighted by molar-refractivity contribution is -0.140. The zero-order valence-electron chi connectivity index (χ0n) is 7.14. The van der Waals surface area contributed by atoms with E-state index >= 15 is 0 Å². The second kappa shape index (κ2) is 4.15. The van der Waals surface area contributed by atoms with E-state index < -0.39 is 24.6 Å². The van der Waals surface area contributed by atoms with Gasteiger partial charge in [-0.15, -0.1) is 0 Å². The van der Waals surface area contributed by atoms with Crippen LogP contribution in [0.25, 0.3) is 0 Å². The average Bonchev–Trinajstić information content (AvgIpc) is 2.40. The Kier molecular flexibility index (Phi) is 3.42. The number of aliphatic hydroxyl groups is 2. The van der Waals surface area contributed by atoms with Crippen LogP contribution in [0.3, 0.4) is 0 Å². The van der Waals surface area contributed by atoms with Crippen LogP contribution in [0, 0.1) is 0 Å². The molecule has 0 spiro atoms. The maximum absolute atomic E-state index is 9.25. The second-order valence-electron chi connectivity index (χ2n) is 2.65. The molecule has 0 unspecified atom stereocenters. The van der Waals surface area contributed by atoms with Crippen LogP contribution in [0.5, 0.6) is 0 Å². The van der Waals surface area contributed by atoms with Gasteiger partial charge >= 0.3 is 0 Å². The van der Waals surface area contributed by atoms with Crippen molar-refractivity contribution in [2.24, 2.45) is 0 Å². The highest BCUT2D eigenvalue weighted by Gasteiger charge is 2.44. The smallest absolute Gasteiger partial charge is 0.184 e. The molecule has 4 atom stereocenters. The van der Waals surface area contributed by atoms with Gasteiger partial charge in [0.1, 0.15) is 18.3 Å². The highest BCUT2D eigenvalue weighted by Crippen LogP contribution is 2.23. The lowest BCUT2D eigenvalue weighted by Gasteiger charge is -2.18. The first kappa shape index (κ1) is 9.88. The Balaban J connectivity index is 2.61. The van der Waals surface area contributed by atoms with Crippen LogP contribution in [0.15, 0.2) is 0 Å². The molecule has 1 aliphatic heterocycles. The predicted molar refractivity (Wildman–Crippen MR) is 39.6 cm³/mol. The summed E-state index contributed by atoms with van der Waals surface area (Å²) >= 11 is 0. The molecular weight excluding hydrogens is 164 g/mol. The number of methoxy groups -OCH3 is 2. The van der Waals surface area contributed by atoms with Crippen LogP contribution in [-0.2, 0) is 14.2 Å². The van der Waals surface area contributed by atoms with Crippen molar-refractivity contribution in [2.75, 3.05) is 20.8 Å². The Morgan fingerprint density at radius 1 is 1.25 bits per heavy atom. The van der Waals surface area contributed by atoms with Crippen LogP contribution < -0.4 is 0 Å². The van der Waals surface area contributed by atoms with Gasteiger partial charge < -0.3 is 24.4 Å². The summed E-state index contributed by atoms with van der Waals surface area (Å²) in [4.78, 5) is 0. The average molecular weight is 178 g/mol. The largest absolute Gasteiger partial charge is 0.394 e. The normalized spacial score (nSPS) is 42.0. The molecule has 5 heteroatoms. The van der Waals surface area contributed by atoms with Gasteiger partial charge in [0, 0.05) is 14.2 Å². The Morgan fingerprint density at radius 3 is 2.25 bits per heavy atom. The minimum absolute atomic E-state index is 0.185. The summed E-state index contributed by atoms with van der Waals surface area (Å²) in [6.45, 7) is -0.185. The van der Waals surface area contributed by atoms with E-state index in [2.05, 4.69) is 0 Å². The third kappa shape index (κ3) is 1.60. The molecule has 0 amide bonds. The van der Waals surface area contributed by atoms with Crippen LogP contribution in [0.2, 0.25) is 0 Å². The van der Waals surface area contributed by atoms with Gasteiger partial charge in [0.25, 0.3) is 0 Å². The molecule has 2 N–H and O–H groups in total. The van der Waals surface area contributed by atoms with Gasteiger partial charge in [-0.2, -0.15) is 0 Å². The summed E-state index contributed by atoms with van der Waals surface area (Å²) in [5.74, 6) is 0. The summed E-state index contributed by atoms with van der Waals surface area (Å²) < 4.78 is 14.9. The monoisotopic (exact) mass is 178 g/mol. The van der Waals surface area contributed by atoms with Gasteiger partial charge in [0.15, 0.2) is 6.29 Å². The molecule has 0 aromatic rings. The molecule has 72 valence electrons. The van der Waals surface area contributed by atoms with Gasteiger partial charge in [0.05, 0.1) is 6.61 Å². The molecule has 5 nitrogen and oxygen atoms in total. The van der Waals surface area contributed by atoms with E-state index in [0.29, 0.717) is 0 Å². The number of hydrogen-bond acceptors (Lipinski definition) is 5. The molecule has 1 rings (SSSR count). The van der Waals surface area contributed by atoms with Crippen molar-refractivity contribution in [3.8, 4) is 0 Å². The maximum atomic E-state index is 9.25. The summed E-state index contributed by atoms with van der Waals surface area (Å²) in [6.07, 6.45) is -2.45. The molecule has 1 aliphatic rings. The molecular formula is C7H14O5. The standard InChI is InChI=1S/C7H14O5/c1-10-5-4(3-8)12-7(9)6(5)11-2/h4-9H,3H2,1-2H3/t4-,5+,6-,7-/m1/s1. The Morgan fingerprint density at radius 2 is 1.83 bits per heavy atom. The van der Waals surface area contributed by atoms with E-state index in [-0.39, 0.29) is 6.61 Å². The van der Waals surface area contributed by atoms with E-state index in [4.69, 9.17) is 19.3 Å². The lowest BCUT2D eigenvalue weighted by atomic mass is 10.1. The topological polar surface area (TPSA) is 68.2 Å². The van der Waals surface area contributed by atoms with E-state index in [1.54, 1.807) is 0 Å². The summed E-state index contributed by atoms with van der Waals surface area (Å²) in [6, 6.07) is 0. The summed E-state index contributed by atoms with van der Waals surface area (Å²) in [5, 5.41) is 18.1. The minimum atomic E-state index is -1.02. The van der Waals surface area contributed by atoms with Crippen molar-refractivity contribution in [1.29, 1.82) is 0 Å². The third-order valence-electron chi connectivity index (χ3n) is 2.01. The van der Waals surface area contributed by atoms with E-state index in [1.165, 1.54) is 14.2 Å². The molecule has 0 aliphatic carbocycles. The molecule has 0 bridgehead atoms. The Labute approximate surface area is 70.9 Å². The Bertz CT molecular complexity index is 140. The molecule has 1 fully saturated rings. The fourth-order valence-corrected chi connectivity index (χ4v) is 1.39. The van der Waals surface area contributed by atoms with Crippen LogP contribution in [-0.4, -0.2) is 55.6 Å². The maximum Gasteiger partial charge on any atom is 0.184 e. The SMILES string of the molecule is CO[C@@H]1[C@@H](OC)[C@@H](CO)O[C@H]1O.